The van der Waals surface area contributed by atoms with Crippen molar-refractivity contribution in [2.45, 2.75) is 18.3 Å². The molecule has 106 valence electrons. The summed E-state index contributed by atoms with van der Waals surface area (Å²) in [5.41, 5.74) is 0.169. The predicted octanol–water partition coefficient (Wildman–Crippen LogP) is -1.38. The number of esters is 1. The zero-order chi connectivity index (χ0) is 14.4. The highest BCUT2D eigenvalue weighted by molar-refractivity contribution is 5.89. The summed E-state index contributed by atoms with van der Waals surface area (Å²) in [4.78, 5) is 11.5. The third kappa shape index (κ3) is 4.49. The molecule has 0 spiro atoms. The minimum Gasteiger partial charge on any atom is -0.508 e. The summed E-state index contributed by atoms with van der Waals surface area (Å²) < 4.78 is 4.72. The molecule has 0 aliphatic rings. The topological polar surface area (TPSA) is 127 Å². The summed E-state index contributed by atoms with van der Waals surface area (Å²) >= 11 is 0. The van der Waals surface area contributed by atoms with Crippen LogP contribution in [0.15, 0.2) is 24.3 Å². The first kappa shape index (κ1) is 15.4. The number of phenolic OH excluding ortho intramolecular Hbond substituents is 1. The number of aliphatic hydroxyl groups excluding tert-OH is 4. The van der Waals surface area contributed by atoms with Crippen molar-refractivity contribution in [3.8, 4) is 5.75 Å². The predicted molar refractivity (Wildman–Crippen MR) is 63.5 cm³/mol. The van der Waals surface area contributed by atoms with Gasteiger partial charge in [0.05, 0.1) is 12.2 Å². The maximum absolute atomic E-state index is 11.5. The Morgan fingerprint density at radius 2 is 1.68 bits per heavy atom. The van der Waals surface area contributed by atoms with Gasteiger partial charge in [-0.2, -0.15) is 0 Å². The first-order valence-corrected chi connectivity index (χ1v) is 5.57. The molecule has 0 fully saturated rings. The van der Waals surface area contributed by atoms with Gasteiger partial charge in [-0.1, -0.05) is 0 Å². The second-order valence-electron chi connectivity index (χ2n) is 3.95. The van der Waals surface area contributed by atoms with Crippen LogP contribution in [0.4, 0.5) is 0 Å². The summed E-state index contributed by atoms with van der Waals surface area (Å²) in [6, 6.07) is 5.28. The number of benzene rings is 1. The van der Waals surface area contributed by atoms with Crippen molar-refractivity contribution in [3.63, 3.8) is 0 Å². The molecule has 0 unspecified atom stereocenters. The van der Waals surface area contributed by atoms with Crippen LogP contribution in [0.3, 0.4) is 0 Å². The van der Waals surface area contributed by atoms with Gasteiger partial charge in [0, 0.05) is 0 Å². The standard InChI is InChI=1S/C12H16O7/c13-5-9(15)11(17)10(16)6-19-12(18)7-1-3-8(14)4-2-7/h1-4,9-11,13-17H,5-6H2/t9-,10+,11+/m1/s1. The average Bonchev–Trinajstić information content (AvgIpc) is 2.43. The molecule has 0 aromatic heterocycles. The van der Waals surface area contributed by atoms with Crippen molar-refractivity contribution in [2.75, 3.05) is 13.2 Å². The highest BCUT2D eigenvalue weighted by Gasteiger charge is 2.25. The first-order valence-electron chi connectivity index (χ1n) is 5.57. The molecular formula is C12H16O7. The molecule has 19 heavy (non-hydrogen) atoms. The number of phenols is 1. The van der Waals surface area contributed by atoms with E-state index in [1.165, 1.54) is 24.3 Å². The molecule has 0 heterocycles. The number of hydrogen-bond donors (Lipinski definition) is 5. The summed E-state index contributed by atoms with van der Waals surface area (Å²) in [5, 5.41) is 45.4. The zero-order valence-corrected chi connectivity index (χ0v) is 10.0. The number of aromatic hydroxyl groups is 1. The number of hydrogen-bond acceptors (Lipinski definition) is 7. The van der Waals surface area contributed by atoms with E-state index in [-0.39, 0.29) is 11.3 Å². The molecule has 0 radical (unpaired) electrons. The molecule has 0 saturated carbocycles. The van der Waals surface area contributed by atoms with E-state index < -0.39 is 37.5 Å². The molecular weight excluding hydrogens is 256 g/mol. The number of ether oxygens (including phenoxy) is 1. The number of aliphatic hydroxyl groups is 4. The Balaban J connectivity index is 2.48. The third-order valence-electron chi connectivity index (χ3n) is 2.46. The Hall–Kier alpha value is -1.67. The van der Waals surface area contributed by atoms with E-state index in [1.54, 1.807) is 0 Å². The van der Waals surface area contributed by atoms with Crippen LogP contribution < -0.4 is 0 Å². The SMILES string of the molecule is O=C(OC[C@H](O)[C@@H](O)[C@H](O)CO)c1ccc(O)cc1. The Morgan fingerprint density at radius 1 is 1.11 bits per heavy atom. The third-order valence-corrected chi connectivity index (χ3v) is 2.46. The van der Waals surface area contributed by atoms with E-state index in [0.29, 0.717) is 0 Å². The van der Waals surface area contributed by atoms with Crippen molar-refractivity contribution >= 4 is 5.97 Å². The van der Waals surface area contributed by atoms with Crippen molar-refractivity contribution in [3.05, 3.63) is 29.8 Å². The Morgan fingerprint density at radius 3 is 2.21 bits per heavy atom. The van der Waals surface area contributed by atoms with E-state index in [0.717, 1.165) is 0 Å². The molecule has 7 nitrogen and oxygen atoms in total. The fourth-order valence-corrected chi connectivity index (χ4v) is 1.30. The van der Waals surface area contributed by atoms with Crippen molar-refractivity contribution in [1.29, 1.82) is 0 Å². The van der Waals surface area contributed by atoms with Gasteiger partial charge in [0.25, 0.3) is 0 Å². The molecule has 7 heteroatoms. The van der Waals surface area contributed by atoms with E-state index in [9.17, 15) is 15.0 Å². The van der Waals surface area contributed by atoms with Crippen LogP contribution in [-0.4, -0.2) is 63.0 Å². The van der Waals surface area contributed by atoms with Crippen LogP contribution in [0.25, 0.3) is 0 Å². The smallest absolute Gasteiger partial charge is 0.338 e. The second-order valence-corrected chi connectivity index (χ2v) is 3.95. The molecule has 0 aliphatic carbocycles. The van der Waals surface area contributed by atoms with Gasteiger partial charge in [-0.3, -0.25) is 0 Å². The van der Waals surface area contributed by atoms with E-state index in [4.69, 9.17) is 20.1 Å². The van der Waals surface area contributed by atoms with E-state index in [2.05, 4.69) is 0 Å². The molecule has 0 aliphatic heterocycles. The van der Waals surface area contributed by atoms with Crippen LogP contribution in [-0.2, 0) is 4.74 Å². The summed E-state index contributed by atoms with van der Waals surface area (Å²) in [6.45, 7) is -1.25. The fourth-order valence-electron chi connectivity index (χ4n) is 1.30. The van der Waals surface area contributed by atoms with Gasteiger partial charge in [-0.15, -0.1) is 0 Å². The normalized spacial score (nSPS) is 15.6. The van der Waals surface area contributed by atoms with Crippen LogP contribution in [0.1, 0.15) is 10.4 Å². The van der Waals surface area contributed by atoms with E-state index in [1.807, 2.05) is 0 Å². The van der Waals surface area contributed by atoms with Gasteiger partial charge in [0.1, 0.15) is 30.7 Å². The molecule has 0 bridgehead atoms. The number of rotatable bonds is 6. The van der Waals surface area contributed by atoms with Crippen molar-refractivity contribution in [1.82, 2.24) is 0 Å². The molecule has 5 N–H and O–H groups in total. The average molecular weight is 272 g/mol. The lowest BCUT2D eigenvalue weighted by molar-refractivity contribution is -0.0925. The zero-order valence-electron chi connectivity index (χ0n) is 10.0. The van der Waals surface area contributed by atoms with Crippen molar-refractivity contribution in [2.24, 2.45) is 0 Å². The maximum Gasteiger partial charge on any atom is 0.338 e. The van der Waals surface area contributed by atoms with Gasteiger partial charge in [0.15, 0.2) is 0 Å². The fraction of sp³-hybridized carbons (Fsp3) is 0.417. The molecule has 3 atom stereocenters. The van der Waals surface area contributed by atoms with Gasteiger partial charge in [-0.05, 0) is 24.3 Å². The van der Waals surface area contributed by atoms with Gasteiger partial charge < -0.3 is 30.3 Å². The Labute approximate surface area is 109 Å². The Kier molecular flexibility index (Phi) is 5.71. The summed E-state index contributed by atoms with van der Waals surface area (Å²) in [7, 11) is 0. The minimum absolute atomic E-state index is 0.00178. The Bertz CT molecular complexity index is 403. The minimum atomic E-state index is -1.61. The van der Waals surface area contributed by atoms with Crippen LogP contribution >= 0.6 is 0 Å². The quantitative estimate of drug-likeness (QED) is 0.404. The first-order chi connectivity index (χ1) is 8.95. The van der Waals surface area contributed by atoms with Crippen LogP contribution in [0.2, 0.25) is 0 Å². The van der Waals surface area contributed by atoms with E-state index >= 15 is 0 Å². The molecule has 1 aromatic carbocycles. The highest BCUT2D eigenvalue weighted by atomic mass is 16.5. The van der Waals surface area contributed by atoms with Crippen molar-refractivity contribution < 1.29 is 35.1 Å². The summed E-state index contributed by atoms with van der Waals surface area (Å²) in [6.07, 6.45) is -4.64. The molecule has 1 rings (SSSR count). The second kappa shape index (κ2) is 7.05. The highest BCUT2D eigenvalue weighted by Crippen LogP contribution is 2.11. The number of carbonyl (C=O) groups is 1. The lowest BCUT2D eigenvalue weighted by atomic mass is 10.1. The lowest BCUT2D eigenvalue weighted by Gasteiger charge is -2.21. The molecule has 0 saturated heterocycles. The monoisotopic (exact) mass is 272 g/mol. The van der Waals surface area contributed by atoms with Crippen LogP contribution in [0.5, 0.6) is 5.75 Å². The number of carbonyl (C=O) groups excluding carboxylic acids is 1. The van der Waals surface area contributed by atoms with Gasteiger partial charge in [-0.25, -0.2) is 4.79 Å². The summed E-state index contributed by atoms with van der Waals surface area (Å²) in [5.74, 6) is -0.747. The molecule has 1 aromatic rings. The van der Waals surface area contributed by atoms with Crippen LogP contribution in [0, 0.1) is 0 Å². The largest absolute Gasteiger partial charge is 0.508 e. The lowest BCUT2D eigenvalue weighted by Crippen LogP contribution is -2.42. The van der Waals surface area contributed by atoms with Gasteiger partial charge in [0.2, 0.25) is 0 Å². The maximum atomic E-state index is 11.5. The molecule has 0 amide bonds. The van der Waals surface area contributed by atoms with Gasteiger partial charge >= 0.3 is 5.97 Å².